The van der Waals surface area contributed by atoms with Crippen molar-refractivity contribution in [2.45, 2.75) is 0 Å². The Kier molecular flexibility index (Phi) is 3.62. The van der Waals surface area contributed by atoms with Crippen LogP contribution < -0.4 is 10.5 Å². The summed E-state index contributed by atoms with van der Waals surface area (Å²) in [6, 6.07) is 4.47. The largest absolute Gasteiger partial charge is 0.366 e. The second-order valence-electron chi connectivity index (χ2n) is 2.44. The summed E-state index contributed by atoms with van der Waals surface area (Å²) in [5.74, 6) is -0.599. The van der Waals surface area contributed by atoms with E-state index in [0.29, 0.717) is 10.2 Å². The summed E-state index contributed by atoms with van der Waals surface area (Å²) in [6.07, 6.45) is 0. The van der Waals surface area contributed by atoms with Gasteiger partial charge >= 0.3 is 0 Å². The number of rotatable bonds is 3. The Labute approximate surface area is 91.2 Å². The zero-order valence-corrected chi connectivity index (χ0v) is 9.26. The zero-order valence-electron chi connectivity index (χ0n) is 6.86. The Morgan fingerprint density at radius 2 is 2.14 bits per heavy atom. The van der Waals surface area contributed by atoms with Gasteiger partial charge < -0.3 is 5.73 Å². The number of hydrogen-bond donors (Lipinski definition) is 3. The number of carbonyl (C=O) groups excluding carboxylic acids is 1. The topological polar surface area (TPSA) is 92.4 Å². The van der Waals surface area contributed by atoms with Crippen molar-refractivity contribution in [2.24, 2.45) is 5.73 Å². The van der Waals surface area contributed by atoms with Crippen LogP contribution in [0, 0.1) is 0 Å². The second-order valence-corrected chi connectivity index (χ2v) is 4.06. The molecule has 1 atom stereocenters. The van der Waals surface area contributed by atoms with Crippen LogP contribution in [0.2, 0.25) is 0 Å². The first-order valence-corrected chi connectivity index (χ1v) is 5.37. The average Bonchev–Trinajstić information content (AvgIpc) is 2.01. The third-order valence-corrected chi connectivity index (χ3v) is 2.26. The fraction of sp³-hybridized carbons (Fsp3) is 0. The summed E-state index contributed by atoms with van der Waals surface area (Å²) in [6.45, 7) is 0. The van der Waals surface area contributed by atoms with E-state index in [0.717, 1.165) is 0 Å². The molecule has 14 heavy (non-hydrogen) atoms. The first-order chi connectivity index (χ1) is 6.49. The first kappa shape index (κ1) is 11.2. The molecular weight excluding hydrogens is 272 g/mol. The van der Waals surface area contributed by atoms with Gasteiger partial charge in [0.1, 0.15) is 0 Å². The van der Waals surface area contributed by atoms with Crippen LogP contribution in [0.5, 0.6) is 0 Å². The Balaban J connectivity index is 3.07. The van der Waals surface area contributed by atoms with Gasteiger partial charge in [-0.1, -0.05) is 15.9 Å². The molecule has 0 fully saturated rings. The van der Waals surface area contributed by atoms with Gasteiger partial charge in [-0.2, -0.15) is 0 Å². The number of halogens is 1. The van der Waals surface area contributed by atoms with Crippen LogP contribution in [0.15, 0.2) is 22.7 Å². The van der Waals surface area contributed by atoms with E-state index in [1.807, 2.05) is 0 Å². The molecule has 0 aliphatic carbocycles. The van der Waals surface area contributed by atoms with E-state index in [-0.39, 0.29) is 5.56 Å². The molecule has 0 spiro atoms. The number of anilines is 1. The molecule has 0 heterocycles. The number of nitrogens with one attached hydrogen (secondary N) is 1. The molecule has 0 saturated heterocycles. The van der Waals surface area contributed by atoms with Crippen molar-refractivity contribution < 1.29 is 13.6 Å². The molecule has 0 aromatic heterocycles. The number of primary amides is 1. The third-order valence-electron chi connectivity index (χ3n) is 1.39. The molecule has 1 unspecified atom stereocenters. The zero-order chi connectivity index (χ0) is 10.7. The van der Waals surface area contributed by atoms with E-state index in [1.54, 1.807) is 6.07 Å². The van der Waals surface area contributed by atoms with Gasteiger partial charge in [0.25, 0.3) is 11.3 Å². The maximum absolute atomic E-state index is 10.8. The third kappa shape index (κ3) is 3.09. The predicted octanol–water partition coefficient (Wildman–Crippen LogP) is 1.10. The summed E-state index contributed by atoms with van der Waals surface area (Å²) in [5.41, 5.74) is 5.65. The highest BCUT2D eigenvalue weighted by molar-refractivity contribution is 9.10. The minimum absolute atomic E-state index is 0.257. The maximum Gasteiger partial charge on any atom is 0.259 e. The molecule has 4 N–H and O–H groups in total. The van der Waals surface area contributed by atoms with Crippen LogP contribution >= 0.6 is 15.9 Å². The number of benzene rings is 1. The van der Waals surface area contributed by atoms with Gasteiger partial charge in [0.15, 0.2) is 0 Å². The Morgan fingerprint density at radius 3 is 2.64 bits per heavy atom. The lowest BCUT2D eigenvalue weighted by atomic mass is 10.2. The molecule has 1 amide bonds. The van der Waals surface area contributed by atoms with Crippen LogP contribution in [-0.2, 0) is 11.3 Å². The number of nitrogens with two attached hydrogens (primary N) is 1. The lowest BCUT2D eigenvalue weighted by Crippen LogP contribution is -2.11. The molecule has 1 aromatic rings. The van der Waals surface area contributed by atoms with Crippen molar-refractivity contribution in [3.05, 3.63) is 28.2 Å². The van der Waals surface area contributed by atoms with Gasteiger partial charge in [0, 0.05) is 10.0 Å². The number of carbonyl (C=O) groups is 1. The van der Waals surface area contributed by atoms with E-state index < -0.39 is 17.2 Å². The van der Waals surface area contributed by atoms with Crippen LogP contribution in [0.1, 0.15) is 10.4 Å². The molecule has 76 valence electrons. The van der Waals surface area contributed by atoms with Crippen LogP contribution in [0.25, 0.3) is 0 Å². The van der Waals surface area contributed by atoms with Crippen LogP contribution in [-0.4, -0.2) is 14.7 Å². The Hall–Kier alpha value is -0.920. The molecule has 0 saturated carbocycles. The van der Waals surface area contributed by atoms with Gasteiger partial charge in [-0.05, 0) is 18.2 Å². The van der Waals surface area contributed by atoms with Gasteiger partial charge in [0.05, 0.1) is 5.69 Å². The van der Waals surface area contributed by atoms with E-state index in [9.17, 15) is 9.00 Å². The molecular formula is C7H7BrN2O3S. The van der Waals surface area contributed by atoms with Crippen LogP contribution in [0.3, 0.4) is 0 Å². The molecule has 0 aliphatic heterocycles. The fourth-order valence-electron chi connectivity index (χ4n) is 0.892. The quantitative estimate of drug-likeness (QED) is 0.723. The minimum atomic E-state index is -2.17. The highest BCUT2D eigenvalue weighted by atomic mass is 79.9. The normalized spacial score (nSPS) is 12.1. The van der Waals surface area contributed by atoms with Gasteiger partial charge in [-0.3, -0.25) is 14.1 Å². The summed E-state index contributed by atoms with van der Waals surface area (Å²) in [7, 11) is 0. The monoisotopic (exact) mass is 278 g/mol. The molecule has 5 nitrogen and oxygen atoms in total. The summed E-state index contributed by atoms with van der Waals surface area (Å²) < 4.78 is 21.8. The van der Waals surface area contributed by atoms with Gasteiger partial charge in [-0.15, -0.1) is 0 Å². The van der Waals surface area contributed by atoms with Crippen LogP contribution in [0.4, 0.5) is 5.69 Å². The summed E-state index contributed by atoms with van der Waals surface area (Å²) in [5, 5.41) is 0. The average molecular weight is 279 g/mol. The van der Waals surface area contributed by atoms with Crippen molar-refractivity contribution >= 4 is 38.8 Å². The summed E-state index contributed by atoms with van der Waals surface area (Å²) in [4.78, 5) is 10.8. The molecule has 1 aromatic carbocycles. The van der Waals surface area contributed by atoms with E-state index in [1.165, 1.54) is 12.1 Å². The predicted molar refractivity (Wildman–Crippen MR) is 57.1 cm³/mol. The lowest BCUT2D eigenvalue weighted by molar-refractivity contribution is 0.1000. The minimum Gasteiger partial charge on any atom is -0.366 e. The lowest BCUT2D eigenvalue weighted by Gasteiger charge is -2.03. The van der Waals surface area contributed by atoms with Gasteiger partial charge in [0.2, 0.25) is 5.91 Å². The smallest absolute Gasteiger partial charge is 0.259 e. The van der Waals surface area contributed by atoms with E-state index >= 15 is 0 Å². The van der Waals surface area contributed by atoms with E-state index in [4.69, 9.17) is 10.3 Å². The van der Waals surface area contributed by atoms with E-state index in [2.05, 4.69) is 20.7 Å². The van der Waals surface area contributed by atoms with Gasteiger partial charge in [-0.25, -0.2) is 4.21 Å². The molecule has 7 heteroatoms. The molecule has 0 bridgehead atoms. The SMILES string of the molecule is NC(=O)c1cc(Br)cc(NS(=O)O)c1. The second kappa shape index (κ2) is 4.54. The van der Waals surface area contributed by atoms with Crippen molar-refractivity contribution in [1.29, 1.82) is 0 Å². The summed E-state index contributed by atoms with van der Waals surface area (Å²) >= 11 is 0.974. The standard InChI is InChI=1S/C7H7BrN2O3S/c8-5-1-4(7(9)11)2-6(3-5)10-14(12)13/h1-3,10H,(H2,9,11)(H,12,13). The number of amides is 1. The van der Waals surface area contributed by atoms with Crippen molar-refractivity contribution in [3.63, 3.8) is 0 Å². The number of hydrogen-bond acceptors (Lipinski definition) is 2. The highest BCUT2D eigenvalue weighted by Gasteiger charge is 2.05. The Bertz CT molecular complexity index is 397. The first-order valence-electron chi connectivity index (χ1n) is 3.47. The highest BCUT2D eigenvalue weighted by Crippen LogP contribution is 2.19. The molecule has 0 aliphatic rings. The van der Waals surface area contributed by atoms with Crippen molar-refractivity contribution in [1.82, 2.24) is 0 Å². The van der Waals surface area contributed by atoms with Crippen molar-refractivity contribution in [2.75, 3.05) is 4.72 Å². The molecule has 0 radical (unpaired) electrons. The Morgan fingerprint density at radius 1 is 1.50 bits per heavy atom. The maximum atomic E-state index is 10.8. The molecule has 1 rings (SSSR count). The van der Waals surface area contributed by atoms with Crippen molar-refractivity contribution in [3.8, 4) is 0 Å². The fourth-order valence-corrected chi connectivity index (χ4v) is 1.70.